The van der Waals surface area contributed by atoms with Gasteiger partial charge in [-0.1, -0.05) is 6.58 Å². The van der Waals surface area contributed by atoms with Crippen LogP contribution in [0, 0.1) is 0 Å². The summed E-state index contributed by atoms with van der Waals surface area (Å²) in [5.41, 5.74) is 1.22. The van der Waals surface area contributed by atoms with Crippen LogP contribution in [0.3, 0.4) is 0 Å². The zero-order chi connectivity index (χ0) is 15.3. The third-order valence-corrected chi connectivity index (χ3v) is 2.83. The first kappa shape index (κ1) is 15.9. The molecule has 2 N–H and O–H groups in total. The van der Waals surface area contributed by atoms with E-state index in [1.54, 1.807) is 0 Å². The lowest BCUT2D eigenvalue weighted by Crippen LogP contribution is -2.18. The first-order chi connectivity index (χ1) is 9.31. The fourth-order valence-electron chi connectivity index (χ4n) is 1.61. The molecule has 0 fully saturated rings. The summed E-state index contributed by atoms with van der Waals surface area (Å²) in [6.45, 7) is 6.24. The van der Waals surface area contributed by atoms with Crippen molar-refractivity contribution in [3.63, 3.8) is 0 Å². The molecule has 0 aromatic heterocycles. The van der Waals surface area contributed by atoms with Crippen molar-refractivity contribution in [3.05, 3.63) is 41.5 Å². The summed E-state index contributed by atoms with van der Waals surface area (Å²) in [4.78, 5) is 22.0. The van der Waals surface area contributed by atoms with Crippen LogP contribution < -0.4 is 0 Å². The summed E-state index contributed by atoms with van der Waals surface area (Å²) < 4.78 is 4.74. The number of phenols is 1. The molecule has 0 radical (unpaired) electrons. The molecule has 1 aromatic rings. The molecule has 5 heteroatoms. The number of aromatic hydroxyl groups is 1. The summed E-state index contributed by atoms with van der Waals surface area (Å²) in [5.74, 6) is -0.589. The van der Waals surface area contributed by atoms with Crippen molar-refractivity contribution in [1.29, 1.82) is 0 Å². The van der Waals surface area contributed by atoms with Gasteiger partial charge in [0.25, 0.3) is 0 Å². The standard InChI is InChI=1S/C15H18O5/c1-9(8-20-11(3)17)15(19)7-13-6-12(10(2)16)4-5-14(13)18/h4-6,15,18-19H,1,7-8H2,2-3H3/t15-/m1/s1. The molecule has 108 valence electrons. The molecule has 0 amide bonds. The number of ether oxygens (including phenoxy) is 1. The predicted octanol–water partition coefficient (Wildman–Crippen LogP) is 1.62. The molecule has 0 spiro atoms. The molecule has 0 aliphatic rings. The van der Waals surface area contributed by atoms with Crippen LogP contribution in [-0.2, 0) is 16.0 Å². The van der Waals surface area contributed by atoms with Gasteiger partial charge in [-0.25, -0.2) is 0 Å². The molecule has 0 unspecified atom stereocenters. The Balaban J connectivity index is 2.76. The third-order valence-electron chi connectivity index (χ3n) is 2.83. The molecule has 0 aliphatic carbocycles. The summed E-state index contributed by atoms with van der Waals surface area (Å²) in [6, 6.07) is 4.45. The molecule has 1 atom stereocenters. The second-order valence-corrected chi connectivity index (χ2v) is 4.56. The van der Waals surface area contributed by atoms with Gasteiger partial charge in [-0.3, -0.25) is 9.59 Å². The molecule has 0 aliphatic heterocycles. The Labute approximate surface area is 117 Å². The predicted molar refractivity (Wildman–Crippen MR) is 73.6 cm³/mol. The number of carbonyl (C=O) groups excluding carboxylic acids is 2. The largest absolute Gasteiger partial charge is 0.508 e. The monoisotopic (exact) mass is 278 g/mol. The lowest BCUT2D eigenvalue weighted by Gasteiger charge is -2.15. The number of esters is 1. The number of benzene rings is 1. The number of Topliss-reactive ketones (excluding diaryl/α,β-unsaturated/α-hetero) is 1. The maximum absolute atomic E-state index is 11.3. The number of carbonyl (C=O) groups is 2. The molecule has 0 saturated heterocycles. The minimum absolute atomic E-state index is 0.00524. The Kier molecular flexibility index (Phi) is 5.46. The number of hydrogen-bond acceptors (Lipinski definition) is 5. The number of hydrogen-bond donors (Lipinski definition) is 2. The van der Waals surface area contributed by atoms with Crippen molar-refractivity contribution in [1.82, 2.24) is 0 Å². The lowest BCUT2D eigenvalue weighted by molar-refractivity contribution is -0.140. The van der Waals surface area contributed by atoms with Crippen LogP contribution in [0.25, 0.3) is 0 Å². The van der Waals surface area contributed by atoms with Crippen LogP contribution in [0.15, 0.2) is 30.4 Å². The molecule has 5 nitrogen and oxygen atoms in total. The van der Waals surface area contributed by atoms with Crippen LogP contribution >= 0.6 is 0 Å². The van der Waals surface area contributed by atoms with Crippen LogP contribution in [0.4, 0.5) is 0 Å². The van der Waals surface area contributed by atoms with Crippen molar-refractivity contribution >= 4 is 11.8 Å². The molecule has 20 heavy (non-hydrogen) atoms. The Bertz CT molecular complexity index is 533. The van der Waals surface area contributed by atoms with Gasteiger partial charge in [0.15, 0.2) is 5.78 Å². The number of aliphatic hydroxyl groups is 1. The quantitative estimate of drug-likeness (QED) is 0.469. The first-order valence-corrected chi connectivity index (χ1v) is 6.13. The Morgan fingerprint density at radius 1 is 1.35 bits per heavy atom. The minimum Gasteiger partial charge on any atom is -0.508 e. The summed E-state index contributed by atoms with van der Waals surface area (Å²) in [7, 11) is 0. The highest BCUT2D eigenvalue weighted by Crippen LogP contribution is 2.22. The van der Waals surface area contributed by atoms with E-state index in [2.05, 4.69) is 6.58 Å². The highest BCUT2D eigenvalue weighted by molar-refractivity contribution is 5.94. The number of aliphatic hydroxyl groups excluding tert-OH is 1. The van der Waals surface area contributed by atoms with E-state index < -0.39 is 12.1 Å². The van der Waals surface area contributed by atoms with Gasteiger partial charge in [0.2, 0.25) is 0 Å². The summed E-state index contributed by atoms with van der Waals surface area (Å²) in [6.07, 6.45) is -0.880. The van der Waals surface area contributed by atoms with Gasteiger partial charge in [-0.2, -0.15) is 0 Å². The van der Waals surface area contributed by atoms with Crippen molar-refractivity contribution in [2.75, 3.05) is 6.61 Å². The van der Waals surface area contributed by atoms with Gasteiger partial charge in [-0.05, 0) is 36.3 Å². The zero-order valence-electron chi connectivity index (χ0n) is 11.5. The van der Waals surface area contributed by atoms with Crippen molar-refractivity contribution in [2.24, 2.45) is 0 Å². The lowest BCUT2D eigenvalue weighted by atomic mass is 9.99. The first-order valence-electron chi connectivity index (χ1n) is 6.13. The van der Waals surface area contributed by atoms with Crippen molar-refractivity contribution in [3.8, 4) is 5.75 Å². The van der Waals surface area contributed by atoms with E-state index in [1.165, 1.54) is 32.0 Å². The average molecular weight is 278 g/mol. The fourth-order valence-corrected chi connectivity index (χ4v) is 1.61. The van der Waals surface area contributed by atoms with Crippen molar-refractivity contribution in [2.45, 2.75) is 26.4 Å². The molecule has 1 aromatic carbocycles. The van der Waals surface area contributed by atoms with Gasteiger partial charge >= 0.3 is 5.97 Å². The Hall–Kier alpha value is -2.14. The highest BCUT2D eigenvalue weighted by atomic mass is 16.5. The molecular weight excluding hydrogens is 260 g/mol. The normalized spacial score (nSPS) is 11.8. The SMILES string of the molecule is C=C(COC(C)=O)[C@H](O)Cc1cc(C(C)=O)ccc1O. The number of rotatable bonds is 6. The molecule has 0 bridgehead atoms. The number of ketones is 1. The molecule has 0 heterocycles. The van der Waals surface area contributed by atoms with Gasteiger partial charge in [0.05, 0.1) is 6.10 Å². The van der Waals surface area contributed by atoms with Crippen LogP contribution in [0.1, 0.15) is 29.8 Å². The van der Waals surface area contributed by atoms with E-state index in [-0.39, 0.29) is 24.6 Å². The van der Waals surface area contributed by atoms with E-state index in [9.17, 15) is 19.8 Å². The van der Waals surface area contributed by atoms with E-state index >= 15 is 0 Å². The topological polar surface area (TPSA) is 83.8 Å². The minimum atomic E-state index is -0.970. The Morgan fingerprint density at radius 2 is 2.00 bits per heavy atom. The van der Waals surface area contributed by atoms with Gasteiger partial charge in [-0.15, -0.1) is 0 Å². The Morgan fingerprint density at radius 3 is 2.55 bits per heavy atom. The summed E-state index contributed by atoms with van der Waals surface area (Å²) >= 11 is 0. The van der Waals surface area contributed by atoms with E-state index in [0.717, 1.165) is 0 Å². The molecule has 0 saturated carbocycles. The molecule has 1 rings (SSSR count). The maximum atomic E-state index is 11.3. The van der Waals surface area contributed by atoms with Crippen LogP contribution in [0.2, 0.25) is 0 Å². The van der Waals surface area contributed by atoms with Crippen LogP contribution in [-0.4, -0.2) is 34.7 Å². The highest BCUT2D eigenvalue weighted by Gasteiger charge is 2.14. The second kappa shape index (κ2) is 6.86. The number of phenolic OH excluding ortho intramolecular Hbond substituents is 1. The van der Waals surface area contributed by atoms with E-state index in [4.69, 9.17) is 4.74 Å². The van der Waals surface area contributed by atoms with E-state index in [1.807, 2.05) is 0 Å². The smallest absolute Gasteiger partial charge is 0.302 e. The van der Waals surface area contributed by atoms with Crippen molar-refractivity contribution < 1.29 is 24.5 Å². The summed E-state index contributed by atoms with van der Waals surface area (Å²) in [5, 5.41) is 19.7. The molecular formula is C15H18O5. The third kappa shape index (κ3) is 4.51. The van der Waals surface area contributed by atoms with Gasteiger partial charge in [0, 0.05) is 18.9 Å². The maximum Gasteiger partial charge on any atom is 0.302 e. The van der Waals surface area contributed by atoms with E-state index in [0.29, 0.717) is 16.7 Å². The van der Waals surface area contributed by atoms with Crippen LogP contribution in [0.5, 0.6) is 5.75 Å². The zero-order valence-corrected chi connectivity index (χ0v) is 11.5. The average Bonchev–Trinajstić information content (AvgIpc) is 2.37. The van der Waals surface area contributed by atoms with Gasteiger partial charge < -0.3 is 14.9 Å². The second-order valence-electron chi connectivity index (χ2n) is 4.56. The fraction of sp³-hybridized carbons (Fsp3) is 0.333. The van der Waals surface area contributed by atoms with Gasteiger partial charge in [0.1, 0.15) is 12.4 Å².